The highest BCUT2D eigenvalue weighted by atomic mass is 19.4. The largest absolute Gasteiger partial charge is 0.401 e. The molecule has 1 rings (SSSR count). The number of nitrogens with zero attached hydrogens (tertiary/aromatic N) is 2. The summed E-state index contributed by atoms with van der Waals surface area (Å²) >= 11 is 0. The molecule has 0 spiro atoms. The van der Waals surface area contributed by atoms with Crippen LogP contribution in [0.4, 0.5) is 13.2 Å². The minimum absolute atomic E-state index is 0.167. The maximum Gasteiger partial charge on any atom is 0.401 e. The van der Waals surface area contributed by atoms with E-state index in [9.17, 15) is 13.2 Å². The Bertz CT molecular complexity index is 289. The van der Waals surface area contributed by atoms with Crippen LogP contribution in [0, 0.1) is 5.92 Å². The fourth-order valence-electron chi connectivity index (χ4n) is 2.03. The number of hydrogen-bond acceptors (Lipinski definition) is 2. The molecule has 7 heteroatoms. The van der Waals surface area contributed by atoms with Gasteiger partial charge in [0.2, 0.25) is 0 Å². The monoisotopic (exact) mass is 266 g/mol. The van der Waals surface area contributed by atoms with E-state index in [2.05, 4.69) is 10.3 Å². The van der Waals surface area contributed by atoms with Crippen molar-refractivity contribution >= 4 is 5.96 Å². The highest BCUT2D eigenvalue weighted by molar-refractivity contribution is 5.78. The van der Waals surface area contributed by atoms with Crippen LogP contribution in [0.5, 0.6) is 0 Å². The molecule has 0 aromatic rings. The predicted octanol–water partition coefficient (Wildman–Crippen LogP) is 1.18. The minimum atomic E-state index is -4.11. The van der Waals surface area contributed by atoms with Crippen molar-refractivity contribution in [3.63, 3.8) is 0 Å². The van der Waals surface area contributed by atoms with Crippen LogP contribution in [0.25, 0.3) is 0 Å². The highest BCUT2D eigenvalue weighted by Crippen LogP contribution is 2.22. The first kappa shape index (κ1) is 15.1. The third kappa shape index (κ3) is 6.09. The van der Waals surface area contributed by atoms with Gasteiger partial charge in [0.1, 0.15) is 0 Å². The number of rotatable bonds is 4. The molecule has 1 atom stereocenters. The van der Waals surface area contributed by atoms with Crippen LogP contribution in [-0.4, -0.2) is 49.3 Å². The summed E-state index contributed by atoms with van der Waals surface area (Å²) in [6.07, 6.45) is -3.37. The molecular weight excluding hydrogens is 245 g/mol. The second kappa shape index (κ2) is 6.26. The van der Waals surface area contributed by atoms with Gasteiger partial charge in [0, 0.05) is 19.1 Å². The predicted molar refractivity (Wildman–Crippen MR) is 65.4 cm³/mol. The van der Waals surface area contributed by atoms with E-state index >= 15 is 0 Å². The van der Waals surface area contributed by atoms with Gasteiger partial charge < -0.3 is 11.1 Å². The van der Waals surface area contributed by atoms with Crippen molar-refractivity contribution in [1.82, 2.24) is 10.2 Å². The molecule has 0 aliphatic carbocycles. The molecule has 1 fully saturated rings. The zero-order valence-corrected chi connectivity index (χ0v) is 10.8. The molecule has 18 heavy (non-hydrogen) atoms. The average molecular weight is 266 g/mol. The third-order valence-corrected chi connectivity index (χ3v) is 2.73. The molecule has 0 amide bonds. The summed E-state index contributed by atoms with van der Waals surface area (Å²) in [6, 6.07) is 0.207. The van der Waals surface area contributed by atoms with Gasteiger partial charge in [-0.3, -0.25) is 9.89 Å². The lowest BCUT2D eigenvalue weighted by Crippen LogP contribution is -2.37. The van der Waals surface area contributed by atoms with Gasteiger partial charge in [-0.15, -0.1) is 0 Å². The van der Waals surface area contributed by atoms with Gasteiger partial charge in [-0.1, -0.05) is 0 Å². The van der Waals surface area contributed by atoms with E-state index in [1.54, 1.807) is 0 Å². The standard InChI is InChI=1S/C11H21F3N4/c1-8(2)17-10(15)16-5-9-3-4-18(6-9)7-11(12,13)14/h8-9H,3-7H2,1-2H3,(H3,15,16,17). The van der Waals surface area contributed by atoms with Crippen molar-refractivity contribution in [2.75, 3.05) is 26.2 Å². The summed E-state index contributed by atoms with van der Waals surface area (Å²) in [6.45, 7) is 4.48. The van der Waals surface area contributed by atoms with Crippen LogP contribution in [0.15, 0.2) is 4.99 Å². The van der Waals surface area contributed by atoms with Crippen molar-refractivity contribution in [2.45, 2.75) is 32.5 Å². The van der Waals surface area contributed by atoms with Crippen LogP contribution >= 0.6 is 0 Å². The maximum atomic E-state index is 12.2. The number of likely N-dealkylation sites (tertiary alicyclic amines) is 1. The molecule has 0 saturated carbocycles. The number of guanidine groups is 1. The lowest BCUT2D eigenvalue weighted by molar-refractivity contribution is -0.143. The van der Waals surface area contributed by atoms with Gasteiger partial charge >= 0.3 is 6.18 Å². The zero-order chi connectivity index (χ0) is 13.8. The van der Waals surface area contributed by atoms with Crippen molar-refractivity contribution in [2.24, 2.45) is 16.6 Å². The summed E-state index contributed by atoms with van der Waals surface area (Å²) in [7, 11) is 0. The van der Waals surface area contributed by atoms with Crippen LogP contribution in [0.3, 0.4) is 0 Å². The van der Waals surface area contributed by atoms with Gasteiger partial charge in [-0.05, 0) is 32.7 Å². The van der Waals surface area contributed by atoms with E-state index in [4.69, 9.17) is 5.73 Å². The molecular formula is C11H21F3N4. The number of halogens is 3. The Labute approximate surface area is 105 Å². The Hall–Kier alpha value is -0.980. The van der Waals surface area contributed by atoms with E-state index in [1.807, 2.05) is 13.8 Å². The molecule has 0 aromatic carbocycles. The van der Waals surface area contributed by atoms with Crippen molar-refractivity contribution in [3.8, 4) is 0 Å². The topological polar surface area (TPSA) is 53.6 Å². The van der Waals surface area contributed by atoms with Crippen LogP contribution < -0.4 is 11.1 Å². The first-order valence-corrected chi connectivity index (χ1v) is 6.12. The summed E-state index contributed by atoms with van der Waals surface area (Å²) in [5.74, 6) is 0.527. The van der Waals surface area contributed by atoms with Crippen LogP contribution in [0.1, 0.15) is 20.3 Å². The van der Waals surface area contributed by atoms with E-state index in [0.29, 0.717) is 25.6 Å². The number of nitrogens with two attached hydrogens (primary N) is 1. The van der Waals surface area contributed by atoms with Gasteiger partial charge in [0.05, 0.1) is 6.54 Å². The Kier molecular flexibility index (Phi) is 5.25. The van der Waals surface area contributed by atoms with E-state index < -0.39 is 12.7 Å². The Morgan fingerprint density at radius 2 is 2.17 bits per heavy atom. The summed E-state index contributed by atoms with van der Waals surface area (Å²) in [4.78, 5) is 5.58. The molecule has 106 valence electrons. The second-order valence-electron chi connectivity index (χ2n) is 5.03. The number of aliphatic imine (C=N–C) groups is 1. The summed E-state index contributed by atoms with van der Waals surface area (Å²) in [5, 5.41) is 2.95. The molecule has 0 aromatic heterocycles. The van der Waals surface area contributed by atoms with Gasteiger partial charge in [0.15, 0.2) is 5.96 Å². The molecule has 1 aliphatic heterocycles. The second-order valence-corrected chi connectivity index (χ2v) is 5.03. The van der Waals surface area contributed by atoms with E-state index in [-0.39, 0.29) is 12.0 Å². The van der Waals surface area contributed by atoms with Crippen LogP contribution in [0.2, 0.25) is 0 Å². The lowest BCUT2D eigenvalue weighted by Gasteiger charge is -2.17. The molecule has 0 bridgehead atoms. The molecule has 1 heterocycles. The Morgan fingerprint density at radius 1 is 1.50 bits per heavy atom. The average Bonchev–Trinajstić information content (AvgIpc) is 2.58. The van der Waals surface area contributed by atoms with E-state index in [0.717, 1.165) is 6.42 Å². The number of nitrogens with one attached hydrogen (secondary N) is 1. The first-order chi connectivity index (χ1) is 8.26. The molecule has 1 aliphatic rings. The fourth-order valence-corrected chi connectivity index (χ4v) is 2.03. The lowest BCUT2D eigenvalue weighted by atomic mass is 10.1. The normalized spacial score (nSPS) is 22.8. The number of hydrogen-bond donors (Lipinski definition) is 2. The molecule has 1 unspecified atom stereocenters. The van der Waals surface area contributed by atoms with Crippen molar-refractivity contribution < 1.29 is 13.2 Å². The van der Waals surface area contributed by atoms with Gasteiger partial charge in [0.25, 0.3) is 0 Å². The van der Waals surface area contributed by atoms with Crippen molar-refractivity contribution in [1.29, 1.82) is 0 Å². The SMILES string of the molecule is CC(C)NC(N)=NCC1CCN(CC(F)(F)F)C1. The third-order valence-electron chi connectivity index (χ3n) is 2.73. The van der Waals surface area contributed by atoms with Gasteiger partial charge in [-0.25, -0.2) is 0 Å². The first-order valence-electron chi connectivity index (χ1n) is 6.12. The quantitative estimate of drug-likeness (QED) is 0.593. The smallest absolute Gasteiger partial charge is 0.370 e. The van der Waals surface area contributed by atoms with Gasteiger partial charge in [-0.2, -0.15) is 13.2 Å². The van der Waals surface area contributed by atoms with Crippen molar-refractivity contribution in [3.05, 3.63) is 0 Å². The fraction of sp³-hybridized carbons (Fsp3) is 0.909. The molecule has 1 saturated heterocycles. The Balaban J connectivity index is 2.30. The zero-order valence-electron chi connectivity index (χ0n) is 10.8. The maximum absolute atomic E-state index is 12.2. The molecule has 3 N–H and O–H groups in total. The van der Waals surface area contributed by atoms with Crippen LogP contribution in [-0.2, 0) is 0 Å². The number of alkyl halides is 3. The summed E-state index contributed by atoms with van der Waals surface area (Å²) in [5.41, 5.74) is 5.63. The highest BCUT2D eigenvalue weighted by Gasteiger charge is 2.34. The minimum Gasteiger partial charge on any atom is -0.370 e. The Morgan fingerprint density at radius 3 is 2.72 bits per heavy atom. The van der Waals surface area contributed by atoms with E-state index in [1.165, 1.54) is 4.90 Å². The molecule has 4 nitrogen and oxygen atoms in total. The summed E-state index contributed by atoms with van der Waals surface area (Å²) < 4.78 is 36.6. The molecule has 0 radical (unpaired) electrons.